The fourth-order valence-electron chi connectivity index (χ4n) is 4.51. The number of carbonyl (C=O) groups is 2. The lowest BCUT2D eigenvalue weighted by molar-refractivity contribution is -0.127. The van der Waals surface area contributed by atoms with Gasteiger partial charge in [-0.25, -0.2) is 0 Å². The van der Waals surface area contributed by atoms with Crippen molar-refractivity contribution in [3.8, 4) is 11.1 Å². The van der Waals surface area contributed by atoms with Crippen molar-refractivity contribution in [2.24, 2.45) is 0 Å². The molecule has 5 rings (SSSR count). The number of piperazine rings is 1. The van der Waals surface area contributed by atoms with Gasteiger partial charge in [-0.1, -0.05) is 48.5 Å². The van der Waals surface area contributed by atoms with Crippen molar-refractivity contribution in [3.63, 3.8) is 0 Å². The minimum absolute atomic E-state index is 0.147. The number of carbonyl (C=O) groups excluding carboxylic acids is 2. The zero-order chi connectivity index (χ0) is 22.9. The molecule has 0 aliphatic carbocycles. The van der Waals surface area contributed by atoms with Crippen LogP contribution in [-0.2, 0) is 11.2 Å². The first kappa shape index (κ1) is 20.9. The molecule has 4 aromatic rings. The lowest BCUT2D eigenvalue weighted by Gasteiger charge is -2.34. The molecule has 2 aromatic carbocycles. The second-order valence-corrected chi connectivity index (χ2v) is 8.46. The topological polar surface area (TPSA) is 75.4 Å². The minimum atomic E-state index is -0.607. The summed E-state index contributed by atoms with van der Waals surface area (Å²) in [6.07, 6.45) is 3.98. The maximum atomic E-state index is 13.6. The summed E-state index contributed by atoms with van der Waals surface area (Å²) in [6.45, 7) is 4.73. The van der Waals surface area contributed by atoms with E-state index in [-0.39, 0.29) is 11.8 Å². The van der Waals surface area contributed by atoms with Crippen LogP contribution in [0.3, 0.4) is 0 Å². The molecule has 3 heterocycles. The molecule has 2 aromatic heterocycles. The molecule has 0 spiro atoms. The van der Waals surface area contributed by atoms with Gasteiger partial charge in [0.2, 0.25) is 5.91 Å². The number of fused-ring (bicyclic) bond motifs is 1. The SMILES string of the molecule is Cc1c(C(=O)N2CCNC(=O)[C@H]2Cc2cccc(-c3cccnc3)c2)oc2c(C)cccc12. The van der Waals surface area contributed by atoms with Gasteiger partial charge in [-0.05, 0) is 42.2 Å². The van der Waals surface area contributed by atoms with Crippen LogP contribution >= 0.6 is 0 Å². The van der Waals surface area contributed by atoms with E-state index in [0.29, 0.717) is 25.3 Å². The van der Waals surface area contributed by atoms with Crippen molar-refractivity contribution in [3.05, 3.63) is 89.4 Å². The van der Waals surface area contributed by atoms with E-state index in [1.807, 2.05) is 68.6 Å². The molecule has 33 heavy (non-hydrogen) atoms. The summed E-state index contributed by atoms with van der Waals surface area (Å²) in [7, 11) is 0. The summed E-state index contributed by atoms with van der Waals surface area (Å²) in [5.41, 5.74) is 5.53. The predicted octanol–water partition coefficient (Wildman–Crippen LogP) is 4.29. The van der Waals surface area contributed by atoms with E-state index in [2.05, 4.69) is 16.4 Å². The Bertz CT molecular complexity index is 1340. The first-order valence-electron chi connectivity index (χ1n) is 11.1. The number of amides is 2. The van der Waals surface area contributed by atoms with Crippen LogP contribution in [0.15, 0.2) is 71.4 Å². The number of rotatable bonds is 4. The number of hydrogen-bond acceptors (Lipinski definition) is 4. The normalized spacial score (nSPS) is 16.1. The largest absolute Gasteiger partial charge is 0.450 e. The first-order chi connectivity index (χ1) is 16.0. The molecule has 1 N–H and O–H groups in total. The van der Waals surface area contributed by atoms with E-state index in [9.17, 15) is 9.59 Å². The van der Waals surface area contributed by atoms with Gasteiger partial charge in [-0.15, -0.1) is 0 Å². The smallest absolute Gasteiger partial charge is 0.290 e. The van der Waals surface area contributed by atoms with Crippen molar-refractivity contribution < 1.29 is 14.0 Å². The monoisotopic (exact) mass is 439 g/mol. The summed E-state index contributed by atoms with van der Waals surface area (Å²) in [5.74, 6) is -0.0826. The average Bonchev–Trinajstić information content (AvgIpc) is 3.18. The second kappa shape index (κ2) is 8.54. The zero-order valence-electron chi connectivity index (χ0n) is 18.7. The lowest BCUT2D eigenvalue weighted by Crippen LogP contribution is -2.58. The summed E-state index contributed by atoms with van der Waals surface area (Å²) in [5, 5.41) is 3.84. The van der Waals surface area contributed by atoms with Crippen LogP contribution in [0.4, 0.5) is 0 Å². The van der Waals surface area contributed by atoms with E-state index in [0.717, 1.165) is 38.8 Å². The lowest BCUT2D eigenvalue weighted by atomic mass is 9.98. The van der Waals surface area contributed by atoms with Gasteiger partial charge < -0.3 is 14.6 Å². The molecule has 6 heteroatoms. The molecule has 0 unspecified atom stereocenters. The number of benzene rings is 2. The number of aromatic nitrogens is 1. The molecule has 1 aliphatic rings. The van der Waals surface area contributed by atoms with Crippen molar-refractivity contribution in [2.75, 3.05) is 13.1 Å². The Morgan fingerprint density at radius 2 is 1.94 bits per heavy atom. The van der Waals surface area contributed by atoms with Crippen LogP contribution < -0.4 is 5.32 Å². The number of para-hydroxylation sites is 1. The van der Waals surface area contributed by atoms with E-state index < -0.39 is 6.04 Å². The minimum Gasteiger partial charge on any atom is -0.450 e. The van der Waals surface area contributed by atoms with Gasteiger partial charge in [0, 0.05) is 42.9 Å². The standard InChI is InChI=1S/C27H25N3O3/c1-17-6-3-10-22-18(2)25(33-24(17)22)27(32)30-13-12-29-26(31)23(30)15-19-7-4-8-20(14-19)21-9-5-11-28-16-21/h3-11,14,16,23H,12-13,15H2,1-2H3,(H,29,31)/t23-/m1/s1. The van der Waals surface area contributed by atoms with Crippen LogP contribution in [0, 0.1) is 13.8 Å². The molecule has 0 bridgehead atoms. The molecule has 166 valence electrons. The third kappa shape index (κ3) is 3.89. The van der Waals surface area contributed by atoms with Crippen molar-refractivity contribution in [1.29, 1.82) is 0 Å². The van der Waals surface area contributed by atoms with E-state index >= 15 is 0 Å². The van der Waals surface area contributed by atoms with E-state index in [1.165, 1.54) is 0 Å². The maximum Gasteiger partial charge on any atom is 0.290 e. The number of hydrogen-bond donors (Lipinski definition) is 1. The number of aryl methyl sites for hydroxylation is 2. The summed E-state index contributed by atoms with van der Waals surface area (Å²) in [4.78, 5) is 32.3. The molecule has 6 nitrogen and oxygen atoms in total. The summed E-state index contributed by atoms with van der Waals surface area (Å²) in [6, 6.07) is 17.2. The van der Waals surface area contributed by atoms with Crippen molar-refractivity contribution in [2.45, 2.75) is 26.3 Å². The molecule has 2 amide bonds. The van der Waals surface area contributed by atoms with Gasteiger partial charge in [-0.2, -0.15) is 0 Å². The van der Waals surface area contributed by atoms with E-state index in [1.54, 1.807) is 11.1 Å². The van der Waals surface area contributed by atoms with Gasteiger partial charge in [0.1, 0.15) is 11.6 Å². The highest BCUT2D eigenvalue weighted by Gasteiger charge is 2.36. The highest BCUT2D eigenvalue weighted by atomic mass is 16.3. The summed E-state index contributed by atoms with van der Waals surface area (Å²) >= 11 is 0. The average molecular weight is 440 g/mol. The van der Waals surface area contributed by atoms with Gasteiger partial charge in [0.25, 0.3) is 5.91 Å². The molecule has 1 saturated heterocycles. The quantitative estimate of drug-likeness (QED) is 0.515. The molecule has 1 fully saturated rings. The third-order valence-corrected chi connectivity index (χ3v) is 6.30. The highest BCUT2D eigenvalue weighted by molar-refractivity contribution is 6.01. The number of furan rings is 1. The molecule has 0 radical (unpaired) electrons. The van der Waals surface area contributed by atoms with Crippen LogP contribution in [0.25, 0.3) is 22.1 Å². The Labute approximate surface area is 192 Å². The Morgan fingerprint density at radius 1 is 1.12 bits per heavy atom. The van der Waals surface area contributed by atoms with Crippen LogP contribution in [-0.4, -0.2) is 40.8 Å². The molecular weight excluding hydrogens is 414 g/mol. The number of pyridine rings is 1. The van der Waals surface area contributed by atoms with Gasteiger partial charge in [0.15, 0.2) is 5.76 Å². The van der Waals surface area contributed by atoms with Crippen LogP contribution in [0.2, 0.25) is 0 Å². The van der Waals surface area contributed by atoms with Crippen molar-refractivity contribution >= 4 is 22.8 Å². The summed E-state index contributed by atoms with van der Waals surface area (Å²) < 4.78 is 6.03. The number of nitrogens with one attached hydrogen (secondary N) is 1. The van der Waals surface area contributed by atoms with Gasteiger partial charge in [-0.3, -0.25) is 14.6 Å². The van der Waals surface area contributed by atoms with Crippen LogP contribution in [0.5, 0.6) is 0 Å². The Morgan fingerprint density at radius 3 is 2.73 bits per heavy atom. The zero-order valence-corrected chi connectivity index (χ0v) is 18.7. The maximum absolute atomic E-state index is 13.6. The Hall–Kier alpha value is -3.93. The second-order valence-electron chi connectivity index (χ2n) is 8.46. The van der Waals surface area contributed by atoms with E-state index in [4.69, 9.17) is 4.42 Å². The predicted molar refractivity (Wildman–Crippen MR) is 127 cm³/mol. The van der Waals surface area contributed by atoms with Gasteiger partial charge >= 0.3 is 0 Å². The Kier molecular flexibility index (Phi) is 5.42. The highest BCUT2D eigenvalue weighted by Crippen LogP contribution is 2.30. The van der Waals surface area contributed by atoms with Gasteiger partial charge in [0.05, 0.1) is 0 Å². The first-order valence-corrected chi connectivity index (χ1v) is 11.1. The fraction of sp³-hybridized carbons (Fsp3) is 0.222. The third-order valence-electron chi connectivity index (χ3n) is 6.30. The molecule has 0 saturated carbocycles. The fourth-order valence-corrected chi connectivity index (χ4v) is 4.51. The Balaban J connectivity index is 1.46. The molecule has 1 atom stereocenters. The van der Waals surface area contributed by atoms with Crippen molar-refractivity contribution in [1.82, 2.24) is 15.2 Å². The van der Waals surface area contributed by atoms with Crippen LogP contribution in [0.1, 0.15) is 27.2 Å². The number of nitrogens with zero attached hydrogens (tertiary/aromatic N) is 2. The molecule has 1 aliphatic heterocycles. The molecular formula is C27H25N3O3.